The molecule has 0 saturated carbocycles. The lowest BCUT2D eigenvalue weighted by Gasteiger charge is -2.33. The number of hydrogen-bond donors (Lipinski definition) is 4. The summed E-state index contributed by atoms with van der Waals surface area (Å²) >= 11 is 0. The van der Waals surface area contributed by atoms with Crippen LogP contribution in [-0.4, -0.2) is 37.6 Å². The Balaban J connectivity index is 1.85. The van der Waals surface area contributed by atoms with Gasteiger partial charge in [-0.05, 0) is 50.1 Å². The van der Waals surface area contributed by atoms with Crippen LogP contribution < -0.4 is 14.8 Å². The molecule has 4 N–H and O–H groups in total. The summed E-state index contributed by atoms with van der Waals surface area (Å²) in [6, 6.07) is 13.8. The zero-order valence-corrected chi connectivity index (χ0v) is 18.2. The van der Waals surface area contributed by atoms with Crippen LogP contribution in [0, 0.1) is 13.8 Å². The fourth-order valence-corrected chi connectivity index (χ4v) is 4.49. The van der Waals surface area contributed by atoms with Crippen LogP contribution in [0.2, 0.25) is 0 Å². The number of amides is 1. The van der Waals surface area contributed by atoms with Crippen LogP contribution in [0.25, 0.3) is 11.3 Å². The minimum Gasteiger partial charge on any atom is -0.473 e. The number of rotatable bonds is 1. The molecule has 0 aliphatic carbocycles. The van der Waals surface area contributed by atoms with Gasteiger partial charge in [0.1, 0.15) is 6.10 Å². The zero-order valence-electron chi connectivity index (χ0n) is 17.4. The van der Waals surface area contributed by atoms with E-state index in [1.807, 2.05) is 39.0 Å². The Labute approximate surface area is 182 Å². The quantitative estimate of drug-likeness (QED) is 0.443. The molecule has 2 aromatic carbocycles. The van der Waals surface area contributed by atoms with Gasteiger partial charge in [0.05, 0.1) is 17.1 Å². The van der Waals surface area contributed by atoms with Crippen molar-refractivity contribution in [2.24, 2.45) is 0 Å². The summed E-state index contributed by atoms with van der Waals surface area (Å²) in [5.74, 6) is -0.0508. The second-order valence-corrected chi connectivity index (χ2v) is 9.27. The van der Waals surface area contributed by atoms with E-state index in [0.717, 1.165) is 16.7 Å². The number of nitrogens with one attached hydrogen (secondary N) is 2. The molecule has 1 aromatic heterocycles. The summed E-state index contributed by atoms with van der Waals surface area (Å²) in [4.78, 5) is 21.5. The molecule has 0 spiro atoms. The molecule has 0 unspecified atom stereocenters. The number of carbonyl (C=O) groups excluding carboxylic acids is 1. The fourth-order valence-electron chi connectivity index (χ4n) is 3.46. The average molecular weight is 441 g/mol. The minimum atomic E-state index is -3.53. The van der Waals surface area contributed by atoms with E-state index in [4.69, 9.17) is 4.74 Å². The summed E-state index contributed by atoms with van der Waals surface area (Å²) in [6.45, 7) is 6.04. The molecule has 1 aliphatic rings. The van der Waals surface area contributed by atoms with Crippen LogP contribution in [0.4, 0.5) is 5.95 Å². The lowest BCUT2D eigenvalue weighted by Crippen LogP contribution is -2.33. The Morgan fingerprint density at radius 1 is 1.06 bits per heavy atom. The second kappa shape index (κ2) is 8.18. The Bertz CT molecular complexity index is 1130. The lowest BCUT2D eigenvalue weighted by molar-refractivity contribution is 0.0930. The van der Waals surface area contributed by atoms with Crippen LogP contribution in [0.1, 0.15) is 28.4 Å². The van der Waals surface area contributed by atoms with Gasteiger partial charge in [0.2, 0.25) is 11.8 Å². The number of fused-ring (bicyclic) bond motifs is 4. The summed E-state index contributed by atoms with van der Waals surface area (Å²) in [5.41, 5.74) is 3.87. The third-order valence-electron chi connectivity index (χ3n) is 4.97. The summed E-state index contributed by atoms with van der Waals surface area (Å²) < 4.78 is 30.2. The summed E-state index contributed by atoms with van der Waals surface area (Å²) in [5, 5.41) is 2.80. The van der Waals surface area contributed by atoms with Crippen LogP contribution in [0.15, 0.2) is 53.4 Å². The monoisotopic (exact) mass is 440 g/mol. The maximum absolute atomic E-state index is 12.5. The van der Waals surface area contributed by atoms with Crippen molar-refractivity contribution in [3.8, 4) is 17.1 Å². The first-order valence-corrected chi connectivity index (χ1v) is 11.3. The fraction of sp³-hybridized carbons (Fsp3) is 0.227. The zero-order chi connectivity index (χ0) is 22.2. The van der Waals surface area contributed by atoms with Crippen LogP contribution >= 0.6 is 10.8 Å². The molecule has 8 nitrogen and oxygen atoms in total. The highest BCUT2D eigenvalue weighted by Crippen LogP contribution is 2.47. The van der Waals surface area contributed by atoms with E-state index < -0.39 is 10.8 Å². The first-order chi connectivity index (χ1) is 14.7. The first kappa shape index (κ1) is 21.1. The number of aryl methyl sites for hydroxylation is 2. The highest BCUT2D eigenvalue weighted by Gasteiger charge is 2.22. The largest absolute Gasteiger partial charge is 0.473 e. The van der Waals surface area contributed by atoms with Gasteiger partial charge in [-0.1, -0.05) is 35.0 Å². The van der Waals surface area contributed by atoms with Gasteiger partial charge < -0.3 is 10.1 Å². The molecule has 2 heterocycles. The third kappa shape index (κ3) is 4.48. The van der Waals surface area contributed by atoms with Gasteiger partial charge in [0, 0.05) is 17.2 Å². The van der Waals surface area contributed by atoms with Crippen molar-refractivity contribution in [1.82, 2.24) is 15.3 Å². The smallest absolute Gasteiger partial charge is 0.251 e. The van der Waals surface area contributed by atoms with Gasteiger partial charge >= 0.3 is 0 Å². The molecule has 4 rings (SSSR count). The molecule has 0 fully saturated rings. The van der Waals surface area contributed by atoms with Gasteiger partial charge in [-0.2, -0.15) is 4.98 Å². The van der Waals surface area contributed by atoms with Gasteiger partial charge in [0.25, 0.3) is 5.91 Å². The van der Waals surface area contributed by atoms with Crippen molar-refractivity contribution in [1.29, 1.82) is 0 Å². The predicted octanol–water partition coefficient (Wildman–Crippen LogP) is 4.41. The Morgan fingerprint density at radius 3 is 2.52 bits per heavy atom. The Hall–Kier alpha value is -3.14. The number of benzene rings is 2. The van der Waals surface area contributed by atoms with E-state index in [1.54, 1.807) is 18.2 Å². The lowest BCUT2D eigenvalue weighted by atomic mass is 10.00. The molecule has 1 atom stereocenters. The van der Waals surface area contributed by atoms with Gasteiger partial charge in [-0.15, -0.1) is 0 Å². The molecule has 0 saturated heterocycles. The van der Waals surface area contributed by atoms with Crippen molar-refractivity contribution in [2.75, 3.05) is 11.3 Å². The predicted molar refractivity (Wildman–Crippen MR) is 121 cm³/mol. The maximum Gasteiger partial charge on any atom is 0.251 e. The third-order valence-corrected chi connectivity index (χ3v) is 6.35. The molecule has 1 amide bonds. The average Bonchev–Trinajstić information content (AvgIpc) is 2.71. The first-order valence-electron chi connectivity index (χ1n) is 9.79. The van der Waals surface area contributed by atoms with Crippen molar-refractivity contribution >= 4 is 22.6 Å². The Morgan fingerprint density at radius 2 is 1.77 bits per heavy atom. The van der Waals surface area contributed by atoms with Crippen molar-refractivity contribution in [2.45, 2.75) is 31.8 Å². The number of nitrogens with zero attached hydrogens (tertiary/aromatic N) is 2. The number of aromatic nitrogens is 2. The van der Waals surface area contributed by atoms with E-state index in [2.05, 4.69) is 20.0 Å². The van der Waals surface area contributed by atoms with Crippen LogP contribution in [0.5, 0.6) is 5.88 Å². The van der Waals surface area contributed by atoms with Gasteiger partial charge in [0.15, 0.2) is 0 Å². The minimum absolute atomic E-state index is 0.0197. The molecule has 9 heteroatoms. The molecular weight excluding hydrogens is 416 g/mol. The van der Waals surface area contributed by atoms with E-state index in [9.17, 15) is 13.9 Å². The number of carbonyl (C=O) groups is 1. The summed E-state index contributed by atoms with van der Waals surface area (Å²) in [7, 11) is -3.53. The maximum atomic E-state index is 12.5. The molecule has 1 aliphatic heterocycles. The van der Waals surface area contributed by atoms with Crippen molar-refractivity contribution in [3.63, 3.8) is 0 Å². The summed E-state index contributed by atoms with van der Waals surface area (Å²) in [6.07, 6.45) is -0.373. The molecule has 0 radical (unpaired) electrons. The van der Waals surface area contributed by atoms with Gasteiger partial charge in [-0.25, -0.2) is 9.71 Å². The molecule has 4 bridgehead atoms. The normalized spacial score (nSPS) is 18.9. The van der Waals surface area contributed by atoms with Crippen LogP contribution in [-0.2, 0) is 0 Å². The number of anilines is 1. The van der Waals surface area contributed by atoms with E-state index in [-0.39, 0.29) is 35.3 Å². The second-order valence-electron chi connectivity index (χ2n) is 7.50. The molecule has 162 valence electrons. The van der Waals surface area contributed by atoms with Crippen molar-refractivity contribution < 1.29 is 18.6 Å². The van der Waals surface area contributed by atoms with Crippen LogP contribution in [0.3, 0.4) is 0 Å². The molecule has 3 aromatic rings. The van der Waals surface area contributed by atoms with E-state index in [1.165, 1.54) is 12.1 Å². The number of ether oxygens (including phenoxy) is 1. The van der Waals surface area contributed by atoms with E-state index in [0.29, 0.717) is 11.3 Å². The van der Waals surface area contributed by atoms with Crippen molar-refractivity contribution in [3.05, 3.63) is 65.2 Å². The molecule has 31 heavy (non-hydrogen) atoms. The topological polar surface area (TPSA) is 117 Å². The standard InChI is InChI=1S/C22H24N4O4S/c1-13-6-4-7-14(2)20(13)18-11-19-25-22(24-18)26-31(28,29)17-9-5-8-16(10-17)21(27)23-12-15(3)30-19/h4-11,15,28-29H,12H2,1-3H3,(H,23,27)(H,24,25,26)/t15-/m1/s1. The highest BCUT2D eigenvalue weighted by molar-refractivity contribution is 8.25. The number of hydrogen-bond acceptors (Lipinski definition) is 7. The Kier molecular flexibility index (Phi) is 5.57. The highest BCUT2D eigenvalue weighted by atomic mass is 32.3. The molecular formula is C22H24N4O4S. The van der Waals surface area contributed by atoms with Gasteiger partial charge in [-0.3, -0.25) is 13.9 Å². The SMILES string of the molecule is Cc1cccc(C)c1-c1cc2nc(n1)NS(O)(O)c1cccc(c1)C(=O)NC[C@@H](C)O2. The van der Waals surface area contributed by atoms with E-state index >= 15 is 0 Å².